The van der Waals surface area contributed by atoms with Crippen molar-refractivity contribution in [3.8, 4) is 17.6 Å². The first kappa shape index (κ1) is 14.7. The monoisotopic (exact) mass is 265 g/mol. The topological polar surface area (TPSA) is 97.4 Å². The fraction of sp³-hybridized carbons (Fsp3) is 0.417. The van der Waals surface area contributed by atoms with Gasteiger partial charge in [-0.05, 0) is 13.1 Å². The standard InChI is InChI=1S/C12H15N3O4/c1-14-9(8-13)5-6-19-12-7-10(15(16)17)3-4-11(12)18-2/h3-4,7,9,14H,5-6H2,1-2H3. The van der Waals surface area contributed by atoms with Crippen molar-refractivity contribution in [3.63, 3.8) is 0 Å². The number of non-ortho nitro benzene ring substituents is 1. The summed E-state index contributed by atoms with van der Waals surface area (Å²) < 4.78 is 10.5. The fourth-order valence-corrected chi connectivity index (χ4v) is 1.45. The summed E-state index contributed by atoms with van der Waals surface area (Å²) in [5, 5.41) is 22.3. The van der Waals surface area contributed by atoms with Crippen LogP contribution in [0.5, 0.6) is 11.5 Å². The van der Waals surface area contributed by atoms with Crippen LogP contribution in [0.2, 0.25) is 0 Å². The quantitative estimate of drug-likeness (QED) is 0.592. The Morgan fingerprint density at radius 2 is 2.26 bits per heavy atom. The number of nitrogens with zero attached hydrogens (tertiary/aromatic N) is 2. The molecule has 1 atom stereocenters. The minimum atomic E-state index is -0.502. The number of hydrogen-bond donors (Lipinski definition) is 1. The van der Waals surface area contributed by atoms with Gasteiger partial charge in [-0.15, -0.1) is 0 Å². The summed E-state index contributed by atoms with van der Waals surface area (Å²) in [6.07, 6.45) is 0.471. The molecule has 1 aromatic carbocycles. The maximum Gasteiger partial charge on any atom is 0.273 e. The van der Waals surface area contributed by atoms with E-state index < -0.39 is 4.92 Å². The minimum Gasteiger partial charge on any atom is -0.493 e. The van der Waals surface area contributed by atoms with Crippen LogP contribution in [-0.4, -0.2) is 31.7 Å². The molecule has 0 heterocycles. The van der Waals surface area contributed by atoms with Crippen LogP contribution < -0.4 is 14.8 Å². The van der Waals surface area contributed by atoms with Crippen molar-refractivity contribution in [2.75, 3.05) is 20.8 Å². The zero-order chi connectivity index (χ0) is 14.3. The van der Waals surface area contributed by atoms with E-state index in [1.807, 2.05) is 0 Å². The van der Waals surface area contributed by atoms with E-state index in [0.717, 1.165) is 0 Å². The van der Waals surface area contributed by atoms with Crippen molar-refractivity contribution in [1.29, 1.82) is 5.26 Å². The highest BCUT2D eigenvalue weighted by molar-refractivity contribution is 5.48. The van der Waals surface area contributed by atoms with Crippen LogP contribution in [-0.2, 0) is 0 Å². The second-order valence-electron chi connectivity index (χ2n) is 3.70. The molecule has 0 spiro atoms. The molecule has 102 valence electrons. The Morgan fingerprint density at radius 3 is 2.79 bits per heavy atom. The third kappa shape index (κ3) is 4.12. The van der Waals surface area contributed by atoms with Crippen molar-refractivity contribution in [3.05, 3.63) is 28.3 Å². The van der Waals surface area contributed by atoms with E-state index in [9.17, 15) is 10.1 Å². The summed E-state index contributed by atoms with van der Waals surface area (Å²) in [5.74, 6) is 0.716. The van der Waals surface area contributed by atoms with Crippen molar-refractivity contribution in [2.24, 2.45) is 0 Å². The molecule has 0 amide bonds. The molecular formula is C12H15N3O4. The highest BCUT2D eigenvalue weighted by atomic mass is 16.6. The molecule has 0 aliphatic heterocycles. The van der Waals surface area contributed by atoms with Crippen LogP contribution in [0.4, 0.5) is 5.69 Å². The van der Waals surface area contributed by atoms with Gasteiger partial charge in [0.05, 0.1) is 36.8 Å². The van der Waals surface area contributed by atoms with Crippen molar-refractivity contribution in [1.82, 2.24) is 5.32 Å². The largest absolute Gasteiger partial charge is 0.493 e. The highest BCUT2D eigenvalue weighted by Gasteiger charge is 2.13. The maximum absolute atomic E-state index is 10.7. The predicted molar refractivity (Wildman–Crippen MR) is 68.2 cm³/mol. The summed E-state index contributed by atoms with van der Waals surface area (Å²) in [7, 11) is 3.14. The van der Waals surface area contributed by atoms with Crippen LogP contribution in [0.25, 0.3) is 0 Å². The first-order chi connectivity index (χ1) is 9.12. The lowest BCUT2D eigenvalue weighted by Gasteiger charge is -2.12. The molecule has 7 nitrogen and oxygen atoms in total. The number of hydrogen-bond acceptors (Lipinski definition) is 6. The fourth-order valence-electron chi connectivity index (χ4n) is 1.45. The van der Waals surface area contributed by atoms with Gasteiger partial charge in [0.15, 0.2) is 11.5 Å². The molecule has 0 aliphatic rings. The van der Waals surface area contributed by atoms with Crippen LogP contribution in [0.15, 0.2) is 18.2 Å². The summed E-state index contributed by atoms with van der Waals surface area (Å²) >= 11 is 0. The normalized spacial score (nSPS) is 11.4. The first-order valence-electron chi connectivity index (χ1n) is 5.64. The Kier molecular flexibility index (Phi) is 5.57. The molecule has 1 N–H and O–H groups in total. The number of methoxy groups -OCH3 is 1. The molecule has 0 radical (unpaired) electrons. The van der Waals surface area contributed by atoms with E-state index in [-0.39, 0.29) is 18.3 Å². The zero-order valence-electron chi connectivity index (χ0n) is 10.8. The van der Waals surface area contributed by atoms with Gasteiger partial charge < -0.3 is 14.8 Å². The molecule has 1 rings (SSSR count). The number of nitriles is 1. The van der Waals surface area contributed by atoms with E-state index in [2.05, 4.69) is 11.4 Å². The van der Waals surface area contributed by atoms with Gasteiger partial charge in [0.2, 0.25) is 0 Å². The number of nitro benzene ring substituents is 1. The molecule has 0 aromatic heterocycles. The van der Waals surface area contributed by atoms with E-state index in [1.165, 1.54) is 25.3 Å². The Morgan fingerprint density at radius 1 is 1.53 bits per heavy atom. The van der Waals surface area contributed by atoms with E-state index in [4.69, 9.17) is 14.7 Å². The molecule has 1 unspecified atom stereocenters. The van der Waals surface area contributed by atoms with Gasteiger partial charge in [0, 0.05) is 12.5 Å². The smallest absolute Gasteiger partial charge is 0.273 e. The second kappa shape index (κ2) is 7.18. The van der Waals surface area contributed by atoms with Crippen LogP contribution in [0, 0.1) is 21.4 Å². The minimum absolute atomic E-state index is 0.0683. The van der Waals surface area contributed by atoms with Gasteiger partial charge in [0.25, 0.3) is 5.69 Å². The third-order valence-electron chi connectivity index (χ3n) is 2.53. The molecule has 0 aliphatic carbocycles. The Hall–Kier alpha value is -2.33. The molecule has 7 heteroatoms. The Bertz CT molecular complexity index is 484. The highest BCUT2D eigenvalue weighted by Crippen LogP contribution is 2.31. The molecule has 0 bridgehead atoms. The van der Waals surface area contributed by atoms with E-state index >= 15 is 0 Å². The number of benzene rings is 1. The Balaban J connectivity index is 2.73. The Labute approximate surface area is 110 Å². The third-order valence-corrected chi connectivity index (χ3v) is 2.53. The lowest BCUT2D eigenvalue weighted by Crippen LogP contribution is -2.25. The molecule has 0 saturated heterocycles. The summed E-state index contributed by atoms with van der Waals surface area (Å²) in [6.45, 7) is 0.261. The summed E-state index contributed by atoms with van der Waals surface area (Å²) in [5.41, 5.74) is -0.0683. The SMILES string of the molecule is CNC(C#N)CCOc1cc([N+](=O)[O-])ccc1OC. The molecule has 0 fully saturated rings. The zero-order valence-corrected chi connectivity index (χ0v) is 10.8. The van der Waals surface area contributed by atoms with Crippen molar-refractivity contribution >= 4 is 5.69 Å². The maximum atomic E-state index is 10.7. The molecular weight excluding hydrogens is 250 g/mol. The van der Waals surface area contributed by atoms with Gasteiger partial charge >= 0.3 is 0 Å². The van der Waals surface area contributed by atoms with Crippen LogP contribution in [0.1, 0.15) is 6.42 Å². The van der Waals surface area contributed by atoms with Gasteiger partial charge in [-0.3, -0.25) is 10.1 Å². The molecule has 19 heavy (non-hydrogen) atoms. The second-order valence-corrected chi connectivity index (χ2v) is 3.70. The molecule has 1 aromatic rings. The number of ether oxygens (including phenoxy) is 2. The number of nitro groups is 1. The van der Waals surface area contributed by atoms with Crippen LogP contribution >= 0.6 is 0 Å². The van der Waals surface area contributed by atoms with Crippen molar-refractivity contribution in [2.45, 2.75) is 12.5 Å². The number of nitrogens with one attached hydrogen (secondary N) is 1. The van der Waals surface area contributed by atoms with Gasteiger partial charge in [-0.25, -0.2) is 0 Å². The van der Waals surface area contributed by atoms with Gasteiger partial charge in [-0.2, -0.15) is 5.26 Å². The van der Waals surface area contributed by atoms with E-state index in [1.54, 1.807) is 7.05 Å². The summed E-state index contributed by atoms with van der Waals surface area (Å²) in [4.78, 5) is 10.2. The van der Waals surface area contributed by atoms with E-state index in [0.29, 0.717) is 17.9 Å². The van der Waals surface area contributed by atoms with Crippen molar-refractivity contribution < 1.29 is 14.4 Å². The lowest BCUT2D eigenvalue weighted by molar-refractivity contribution is -0.385. The predicted octanol–water partition coefficient (Wildman–Crippen LogP) is 1.48. The van der Waals surface area contributed by atoms with Gasteiger partial charge in [-0.1, -0.05) is 0 Å². The first-order valence-corrected chi connectivity index (χ1v) is 5.64. The van der Waals surface area contributed by atoms with Crippen LogP contribution in [0.3, 0.4) is 0 Å². The van der Waals surface area contributed by atoms with Gasteiger partial charge in [0.1, 0.15) is 0 Å². The lowest BCUT2D eigenvalue weighted by atomic mass is 10.2. The molecule has 0 saturated carbocycles. The average Bonchev–Trinajstić information content (AvgIpc) is 2.43. The summed E-state index contributed by atoms with van der Waals surface area (Å²) in [6, 6.07) is 5.88. The number of rotatable bonds is 7. The average molecular weight is 265 g/mol.